The van der Waals surface area contributed by atoms with Crippen LogP contribution >= 0.6 is 0 Å². The summed E-state index contributed by atoms with van der Waals surface area (Å²) in [5.41, 5.74) is 8.74. The number of hydrogen-bond donors (Lipinski definition) is 3. The molecule has 0 saturated carbocycles. The highest BCUT2D eigenvalue weighted by Crippen LogP contribution is 2.11. The van der Waals surface area contributed by atoms with E-state index >= 15 is 0 Å². The molecule has 0 aliphatic carbocycles. The lowest BCUT2D eigenvalue weighted by molar-refractivity contribution is -0.154. The summed E-state index contributed by atoms with van der Waals surface area (Å²) in [6, 6.07) is 23.8. The van der Waals surface area contributed by atoms with E-state index in [2.05, 4.69) is 17.2 Å². The number of nitrogens with two attached hydrogens (primary N) is 1. The summed E-state index contributed by atoms with van der Waals surface area (Å²) < 4.78 is 22.2. The average molecular weight is 646 g/mol. The molecule has 3 aromatic carbocycles. The molecule has 11 nitrogen and oxygen atoms in total. The Kier molecular flexibility index (Phi) is 15.3. The number of nitrogens with one attached hydrogen (secondary N) is 2. The topological polar surface area (TPSA) is 155 Å². The van der Waals surface area contributed by atoms with Crippen molar-refractivity contribution in [1.82, 2.24) is 10.6 Å². The van der Waals surface area contributed by atoms with Gasteiger partial charge in [-0.2, -0.15) is 0 Å². The fourth-order valence-corrected chi connectivity index (χ4v) is 4.32. The fourth-order valence-electron chi connectivity index (χ4n) is 4.32. The fraction of sp³-hybridized carbons (Fsp3) is 0.333. The summed E-state index contributed by atoms with van der Waals surface area (Å²) in [5, 5.41) is 5.19. The minimum absolute atomic E-state index is 0.0203. The van der Waals surface area contributed by atoms with Crippen LogP contribution < -0.4 is 16.4 Å². The molecule has 4 N–H and O–H groups in total. The van der Waals surface area contributed by atoms with E-state index in [1.165, 1.54) is 6.08 Å². The number of benzene rings is 3. The van der Waals surface area contributed by atoms with Gasteiger partial charge >= 0.3 is 11.9 Å². The van der Waals surface area contributed by atoms with Gasteiger partial charge in [-0.3, -0.25) is 14.4 Å². The van der Waals surface area contributed by atoms with Gasteiger partial charge in [0.15, 0.2) is 0 Å². The number of amides is 2. The first-order chi connectivity index (χ1) is 22.7. The second-order valence-corrected chi connectivity index (χ2v) is 10.8. The largest absolute Gasteiger partial charge is 0.461 e. The smallest absolute Gasteiger partial charge is 0.329 e. The average Bonchev–Trinajstić information content (AvgIpc) is 3.10. The summed E-state index contributed by atoms with van der Waals surface area (Å²) in [4.78, 5) is 52.7. The number of carbonyl (C=O) groups is 4. The van der Waals surface area contributed by atoms with Gasteiger partial charge < -0.3 is 35.3 Å². The Balaban J connectivity index is 1.73. The third-order valence-corrected chi connectivity index (χ3v) is 7.13. The SMILES string of the molecule is C=CCOC(=O)[C@H](CC(=O)OCc1ccccc1)NC(=O)[C@@H](NC(=O)[C@@H](N)[C@@H](C)OCc1ccccc1)[C@@H](C)OCc1ccccc1. The van der Waals surface area contributed by atoms with Crippen LogP contribution in [0.25, 0.3) is 0 Å². The van der Waals surface area contributed by atoms with E-state index < -0.39 is 60.5 Å². The third kappa shape index (κ3) is 12.8. The van der Waals surface area contributed by atoms with Crippen molar-refractivity contribution >= 4 is 23.8 Å². The van der Waals surface area contributed by atoms with Crippen LogP contribution in [0.2, 0.25) is 0 Å². The first-order valence-electron chi connectivity index (χ1n) is 15.3. The van der Waals surface area contributed by atoms with Gasteiger partial charge in [0.25, 0.3) is 0 Å². The molecule has 0 saturated heterocycles. The maximum Gasteiger partial charge on any atom is 0.329 e. The van der Waals surface area contributed by atoms with Crippen molar-refractivity contribution in [3.8, 4) is 0 Å². The molecule has 0 fully saturated rings. The summed E-state index contributed by atoms with van der Waals surface area (Å²) >= 11 is 0. The molecule has 0 aliphatic rings. The molecule has 5 atom stereocenters. The van der Waals surface area contributed by atoms with Crippen LogP contribution in [-0.4, -0.2) is 60.7 Å². The zero-order valence-electron chi connectivity index (χ0n) is 26.7. The van der Waals surface area contributed by atoms with Crippen molar-refractivity contribution in [2.24, 2.45) is 5.73 Å². The molecule has 0 aliphatic heterocycles. The van der Waals surface area contributed by atoms with Crippen LogP contribution in [-0.2, 0) is 57.9 Å². The lowest BCUT2D eigenvalue weighted by Crippen LogP contribution is -2.60. The Labute approximate surface area is 275 Å². The molecule has 2 amide bonds. The van der Waals surface area contributed by atoms with Crippen molar-refractivity contribution in [3.05, 3.63) is 120 Å². The van der Waals surface area contributed by atoms with Gasteiger partial charge in [-0.1, -0.05) is 104 Å². The molecular weight excluding hydrogens is 602 g/mol. The van der Waals surface area contributed by atoms with Crippen molar-refractivity contribution in [2.45, 2.75) is 70.4 Å². The Morgan fingerprint density at radius 1 is 0.702 bits per heavy atom. The van der Waals surface area contributed by atoms with Gasteiger partial charge in [-0.15, -0.1) is 0 Å². The zero-order valence-corrected chi connectivity index (χ0v) is 26.7. The first kappa shape index (κ1) is 36.6. The molecule has 47 heavy (non-hydrogen) atoms. The number of hydrogen-bond acceptors (Lipinski definition) is 9. The molecule has 0 spiro atoms. The summed E-state index contributed by atoms with van der Waals surface area (Å²) in [5.74, 6) is -3.08. The molecule has 11 heteroatoms. The van der Waals surface area contributed by atoms with Crippen LogP contribution in [0, 0.1) is 0 Å². The molecule has 3 rings (SSSR count). The van der Waals surface area contributed by atoms with Gasteiger partial charge in [0.05, 0.1) is 31.8 Å². The quantitative estimate of drug-likeness (QED) is 0.131. The zero-order chi connectivity index (χ0) is 34.0. The summed E-state index contributed by atoms with van der Waals surface area (Å²) in [6.45, 7) is 7.00. The second-order valence-electron chi connectivity index (χ2n) is 10.8. The van der Waals surface area contributed by atoms with Crippen LogP contribution in [0.3, 0.4) is 0 Å². The molecule has 0 heterocycles. The molecule has 0 bridgehead atoms. The Bertz CT molecular complexity index is 1420. The molecule has 0 radical (unpaired) electrons. The summed E-state index contributed by atoms with van der Waals surface area (Å²) in [6.07, 6.45) is -0.754. The molecule has 0 aromatic heterocycles. The van der Waals surface area contributed by atoms with Gasteiger partial charge in [0, 0.05) is 0 Å². The predicted molar refractivity (Wildman–Crippen MR) is 175 cm³/mol. The Morgan fingerprint density at radius 2 is 1.19 bits per heavy atom. The lowest BCUT2D eigenvalue weighted by atomic mass is 10.1. The van der Waals surface area contributed by atoms with Crippen LogP contribution in [0.1, 0.15) is 37.0 Å². The van der Waals surface area contributed by atoms with Gasteiger partial charge in [-0.25, -0.2) is 4.79 Å². The third-order valence-electron chi connectivity index (χ3n) is 7.13. The van der Waals surface area contributed by atoms with E-state index in [0.29, 0.717) is 0 Å². The van der Waals surface area contributed by atoms with Crippen LogP contribution in [0.15, 0.2) is 104 Å². The monoisotopic (exact) mass is 645 g/mol. The maximum atomic E-state index is 13.7. The van der Waals surface area contributed by atoms with Crippen molar-refractivity contribution < 1.29 is 38.1 Å². The molecule has 0 unspecified atom stereocenters. The van der Waals surface area contributed by atoms with Crippen LogP contribution in [0.4, 0.5) is 0 Å². The second kappa shape index (κ2) is 19.6. The van der Waals surface area contributed by atoms with E-state index in [9.17, 15) is 19.2 Å². The number of esters is 2. The Morgan fingerprint density at radius 3 is 1.70 bits per heavy atom. The maximum absolute atomic E-state index is 13.7. The molecule has 3 aromatic rings. The van der Waals surface area contributed by atoms with Crippen LogP contribution in [0.5, 0.6) is 0 Å². The number of carbonyl (C=O) groups excluding carboxylic acids is 4. The van der Waals surface area contributed by atoms with Crippen molar-refractivity contribution in [1.29, 1.82) is 0 Å². The number of ether oxygens (including phenoxy) is 4. The standard InChI is InChI=1S/C36H43N3O8/c1-4-20-44-36(43)30(21-31(40)47-24-29-18-12-7-13-19-29)38-35(42)33(26(3)46-23-28-16-10-6-11-17-28)39-34(41)32(37)25(2)45-22-27-14-8-5-9-15-27/h4-19,25-26,30,32-33H,1,20-24,37H2,2-3H3,(H,38,42)(H,39,41)/t25-,26-,30+,32+,33+/m1/s1. The van der Waals surface area contributed by atoms with E-state index in [1.807, 2.05) is 66.7 Å². The predicted octanol–water partition coefficient (Wildman–Crippen LogP) is 3.36. The molecule has 250 valence electrons. The molecular formula is C36H43N3O8. The minimum Gasteiger partial charge on any atom is -0.461 e. The highest BCUT2D eigenvalue weighted by atomic mass is 16.5. The van der Waals surface area contributed by atoms with E-state index in [4.69, 9.17) is 24.7 Å². The highest BCUT2D eigenvalue weighted by molar-refractivity contribution is 5.93. The van der Waals surface area contributed by atoms with E-state index in [1.54, 1.807) is 38.1 Å². The highest BCUT2D eigenvalue weighted by Gasteiger charge is 2.35. The van der Waals surface area contributed by atoms with Gasteiger partial charge in [0.2, 0.25) is 11.8 Å². The normalized spacial score (nSPS) is 14.0. The first-order valence-corrected chi connectivity index (χ1v) is 15.3. The minimum atomic E-state index is -1.42. The number of rotatable bonds is 19. The summed E-state index contributed by atoms with van der Waals surface area (Å²) in [7, 11) is 0. The van der Waals surface area contributed by atoms with Crippen molar-refractivity contribution in [3.63, 3.8) is 0 Å². The van der Waals surface area contributed by atoms with E-state index in [0.717, 1.165) is 16.7 Å². The van der Waals surface area contributed by atoms with Gasteiger partial charge in [-0.05, 0) is 30.5 Å². The Hall–Kier alpha value is -4.84. The van der Waals surface area contributed by atoms with E-state index in [-0.39, 0.29) is 26.4 Å². The lowest BCUT2D eigenvalue weighted by Gasteiger charge is -2.28. The van der Waals surface area contributed by atoms with Crippen molar-refractivity contribution in [2.75, 3.05) is 6.61 Å². The van der Waals surface area contributed by atoms with Gasteiger partial charge in [0.1, 0.15) is 31.3 Å².